The molecule has 0 aromatic carbocycles. The largest absolute Gasteiger partial charge is 0.478 e. The first-order valence-electron chi connectivity index (χ1n) is 5.43. The van der Waals surface area contributed by atoms with Crippen LogP contribution in [0.25, 0.3) is 0 Å². The molecule has 102 valence electrons. The Hall–Kier alpha value is -1.66. The maximum atomic E-state index is 11.4. The highest BCUT2D eigenvalue weighted by molar-refractivity contribution is 5.89. The minimum absolute atomic E-state index is 0.0772. The average Bonchev–Trinajstić information content (AvgIpc) is 2.34. The molecule has 0 rings (SSSR count). The molecule has 0 spiro atoms. The van der Waals surface area contributed by atoms with Gasteiger partial charge >= 0.3 is 11.9 Å². The number of hydrogen-bond acceptors (Lipinski definition) is 5. The molecule has 0 atom stereocenters. The van der Waals surface area contributed by atoms with Gasteiger partial charge in [0.25, 0.3) is 0 Å². The molecular weight excluding hydrogens is 240 g/mol. The van der Waals surface area contributed by atoms with Gasteiger partial charge in [-0.3, -0.25) is 0 Å². The number of esters is 1. The van der Waals surface area contributed by atoms with Crippen molar-refractivity contribution in [3.8, 4) is 0 Å². The van der Waals surface area contributed by atoms with Gasteiger partial charge in [0.05, 0.1) is 19.8 Å². The van der Waals surface area contributed by atoms with Crippen LogP contribution in [0, 0.1) is 0 Å². The Morgan fingerprint density at radius 2 is 1.67 bits per heavy atom. The monoisotopic (exact) mass is 258 g/mol. The number of carboxylic acids is 1. The van der Waals surface area contributed by atoms with Crippen LogP contribution < -0.4 is 0 Å². The summed E-state index contributed by atoms with van der Waals surface area (Å²) in [6.45, 7) is 3.39. The normalized spacial score (nSPS) is 12.4. The molecule has 0 saturated carbocycles. The molecule has 6 heteroatoms. The topological polar surface area (TPSA) is 93.1 Å². The van der Waals surface area contributed by atoms with Gasteiger partial charge in [-0.2, -0.15) is 0 Å². The standard InChI is InChI=1S/C12H18O6/c1-9(11(14)15)3-4-10(2)12(16)18-8-7-17-6-5-13/h3-4,13H,5-8H2,1-2H3,(H,14,15). The lowest BCUT2D eigenvalue weighted by Crippen LogP contribution is -2.12. The highest BCUT2D eigenvalue weighted by Gasteiger charge is 2.05. The number of carbonyl (C=O) groups is 2. The van der Waals surface area contributed by atoms with Crippen LogP contribution in [0.5, 0.6) is 0 Å². The summed E-state index contributed by atoms with van der Waals surface area (Å²) in [6, 6.07) is 0. The minimum Gasteiger partial charge on any atom is -0.478 e. The van der Waals surface area contributed by atoms with Crippen LogP contribution in [0.1, 0.15) is 13.8 Å². The zero-order valence-electron chi connectivity index (χ0n) is 10.5. The van der Waals surface area contributed by atoms with Gasteiger partial charge in [0.2, 0.25) is 0 Å². The first-order chi connectivity index (χ1) is 8.49. The first kappa shape index (κ1) is 16.3. The number of aliphatic hydroxyl groups is 1. The first-order valence-corrected chi connectivity index (χ1v) is 5.43. The SMILES string of the molecule is CC(=CC=C(C)C(=O)OCCOCCO)C(=O)O. The molecule has 0 aromatic rings. The van der Waals surface area contributed by atoms with E-state index in [1.54, 1.807) is 0 Å². The van der Waals surface area contributed by atoms with Crippen LogP contribution >= 0.6 is 0 Å². The number of carboxylic acid groups (broad SMARTS) is 1. The Bertz CT molecular complexity index is 342. The second-order valence-electron chi connectivity index (χ2n) is 3.48. The van der Waals surface area contributed by atoms with E-state index in [9.17, 15) is 9.59 Å². The molecular formula is C12H18O6. The quantitative estimate of drug-likeness (QED) is 0.285. The second-order valence-corrected chi connectivity index (χ2v) is 3.48. The third-order valence-corrected chi connectivity index (χ3v) is 1.94. The highest BCUT2D eigenvalue weighted by atomic mass is 16.6. The number of aliphatic hydroxyl groups excluding tert-OH is 1. The fourth-order valence-corrected chi connectivity index (χ4v) is 0.863. The number of ether oxygens (including phenoxy) is 2. The average molecular weight is 258 g/mol. The van der Waals surface area contributed by atoms with Crippen LogP contribution in [-0.2, 0) is 19.1 Å². The summed E-state index contributed by atoms with van der Waals surface area (Å²) in [6.07, 6.45) is 2.72. The molecule has 0 aliphatic carbocycles. The van der Waals surface area contributed by atoms with Crippen LogP contribution in [0.15, 0.2) is 23.3 Å². The fraction of sp³-hybridized carbons (Fsp3) is 0.500. The summed E-state index contributed by atoms with van der Waals surface area (Å²) in [4.78, 5) is 21.9. The summed E-state index contributed by atoms with van der Waals surface area (Å²) >= 11 is 0. The zero-order valence-corrected chi connectivity index (χ0v) is 10.5. The third kappa shape index (κ3) is 7.59. The van der Waals surface area contributed by atoms with Crippen molar-refractivity contribution in [2.75, 3.05) is 26.4 Å². The number of aliphatic carboxylic acids is 1. The van der Waals surface area contributed by atoms with E-state index in [-0.39, 0.29) is 32.0 Å². The van der Waals surface area contributed by atoms with Gasteiger partial charge < -0.3 is 19.7 Å². The Labute approximate surface area is 106 Å². The van der Waals surface area contributed by atoms with Crippen molar-refractivity contribution in [1.29, 1.82) is 0 Å². The van der Waals surface area contributed by atoms with E-state index in [2.05, 4.69) is 0 Å². The van der Waals surface area contributed by atoms with Crippen molar-refractivity contribution in [3.63, 3.8) is 0 Å². The minimum atomic E-state index is -1.04. The van der Waals surface area contributed by atoms with E-state index in [1.807, 2.05) is 0 Å². The van der Waals surface area contributed by atoms with Gasteiger partial charge in [0.15, 0.2) is 0 Å². The lowest BCUT2D eigenvalue weighted by molar-refractivity contribution is -0.140. The predicted molar refractivity (Wildman–Crippen MR) is 64.0 cm³/mol. The van der Waals surface area contributed by atoms with Crippen molar-refractivity contribution in [2.45, 2.75) is 13.8 Å². The summed E-state index contributed by atoms with van der Waals surface area (Å²) in [5, 5.41) is 17.0. The van der Waals surface area contributed by atoms with E-state index < -0.39 is 11.9 Å². The Morgan fingerprint density at radius 3 is 2.22 bits per heavy atom. The highest BCUT2D eigenvalue weighted by Crippen LogP contribution is 2.00. The summed E-state index contributed by atoms with van der Waals surface area (Å²) < 4.78 is 9.76. The van der Waals surface area contributed by atoms with Crippen molar-refractivity contribution >= 4 is 11.9 Å². The van der Waals surface area contributed by atoms with Crippen molar-refractivity contribution in [1.82, 2.24) is 0 Å². The Balaban J connectivity index is 4.06. The molecule has 0 heterocycles. The lowest BCUT2D eigenvalue weighted by Gasteiger charge is -2.04. The number of rotatable bonds is 8. The number of carbonyl (C=O) groups excluding carboxylic acids is 1. The van der Waals surface area contributed by atoms with E-state index >= 15 is 0 Å². The van der Waals surface area contributed by atoms with Crippen molar-refractivity contribution < 1.29 is 29.3 Å². The van der Waals surface area contributed by atoms with Gasteiger partial charge in [0.1, 0.15) is 6.61 Å². The maximum absolute atomic E-state index is 11.4. The summed E-state index contributed by atoms with van der Waals surface area (Å²) in [5.41, 5.74) is 0.436. The van der Waals surface area contributed by atoms with E-state index in [0.29, 0.717) is 5.57 Å². The van der Waals surface area contributed by atoms with Gasteiger partial charge in [-0.1, -0.05) is 12.2 Å². The Kier molecular flexibility index (Phi) is 8.51. The van der Waals surface area contributed by atoms with E-state index in [1.165, 1.54) is 26.0 Å². The molecule has 0 aliphatic rings. The van der Waals surface area contributed by atoms with E-state index in [0.717, 1.165) is 0 Å². The summed E-state index contributed by atoms with van der Waals surface area (Å²) in [7, 11) is 0. The molecule has 0 unspecified atom stereocenters. The smallest absolute Gasteiger partial charge is 0.333 e. The number of hydrogen-bond donors (Lipinski definition) is 2. The van der Waals surface area contributed by atoms with Crippen molar-refractivity contribution in [3.05, 3.63) is 23.3 Å². The van der Waals surface area contributed by atoms with Gasteiger partial charge in [-0.25, -0.2) is 9.59 Å². The van der Waals surface area contributed by atoms with Gasteiger partial charge in [-0.05, 0) is 13.8 Å². The van der Waals surface area contributed by atoms with Crippen LogP contribution in [0.3, 0.4) is 0 Å². The molecule has 2 N–H and O–H groups in total. The van der Waals surface area contributed by atoms with Crippen LogP contribution in [-0.4, -0.2) is 48.6 Å². The summed E-state index contributed by atoms with van der Waals surface area (Å²) in [5.74, 6) is -1.57. The Morgan fingerprint density at radius 1 is 1.06 bits per heavy atom. The lowest BCUT2D eigenvalue weighted by atomic mass is 10.2. The molecule has 0 bridgehead atoms. The molecule has 0 amide bonds. The third-order valence-electron chi connectivity index (χ3n) is 1.94. The molecule has 6 nitrogen and oxygen atoms in total. The fourth-order valence-electron chi connectivity index (χ4n) is 0.863. The van der Waals surface area contributed by atoms with Gasteiger partial charge in [0, 0.05) is 11.1 Å². The maximum Gasteiger partial charge on any atom is 0.333 e. The molecule has 0 fully saturated rings. The van der Waals surface area contributed by atoms with Crippen LogP contribution in [0.2, 0.25) is 0 Å². The number of allylic oxidation sites excluding steroid dienone is 2. The molecule has 0 aromatic heterocycles. The molecule has 0 saturated heterocycles. The second kappa shape index (κ2) is 9.38. The predicted octanol–water partition coefficient (Wildman–Crippen LogP) is 0.516. The van der Waals surface area contributed by atoms with Gasteiger partial charge in [-0.15, -0.1) is 0 Å². The van der Waals surface area contributed by atoms with Crippen LogP contribution in [0.4, 0.5) is 0 Å². The van der Waals surface area contributed by atoms with Crippen molar-refractivity contribution in [2.24, 2.45) is 0 Å². The molecule has 0 radical (unpaired) electrons. The zero-order chi connectivity index (χ0) is 14.0. The molecule has 18 heavy (non-hydrogen) atoms. The molecule has 0 aliphatic heterocycles. The van der Waals surface area contributed by atoms with E-state index in [4.69, 9.17) is 19.7 Å².